The lowest BCUT2D eigenvalue weighted by molar-refractivity contribution is 0.0953. The summed E-state index contributed by atoms with van der Waals surface area (Å²) in [4.78, 5) is 28.4. The molecule has 0 atom stereocenters. The van der Waals surface area contributed by atoms with Gasteiger partial charge in [-0.3, -0.25) is 4.79 Å². The van der Waals surface area contributed by atoms with Crippen molar-refractivity contribution in [1.82, 2.24) is 25.3 Å². The maximum atomic E-state index is 12.4. The molecular formula is C22H22N6O. The normalized spacial score (nSPS) is 10.8. The molecule has 3 heterocycles. The second-order valence-electron chi connectivity index (χ2n) is 6.92. The Bertz CT molecular complexity index is 1150. The highest BCUT2D eigenvalue weighted by molar-refractivity contribution is 5.93. The number of hydrogen-bond donors (Lipinski definition) is 3. The molecular weight excluding hydrogens is 364 g/mol. The summed E-state index contributed by atoms with van der Waals surface area (Å²) in [6.07, 6.45) is 5.49. The van der Waals surface area contributed by atoms with E-state index in [1.165, 1.54) is 23.3 Å². The Morgan fingerprint density at radius 3 is 2.66 bits per heavy atom. The largest absolute Gasteiger partial charge is 0.358 e. The lowest BCUT2D eigenvalue weighted by Crippen LogP contribution is -2.26. The average molecular weight is 386 g/mol. The van der Waals surface area contributed by atoms with E-state index in [1.807, 2.05) is 31.2 Å². The van der Waals surface area contributed by atoms with Crippen LogP contribution in [0.4, 0.5) is 11.8 Å². The Balaban J connectivity index is 1.35. The summed E-state index contributed by atoms with van der Waals surface area (Å²) in [5.74, 6) is 0.869. The average Bonchev–Trinajstić information content (AvgIpc) is 3.04. The summed E-state index contributed by atoms with van der Waals surface area (Å²) in [5.41, 5.74) is 4.98. The summed E-state index contributed by atoms with van der Waals surface area (Å²) >= 11 is 0. The summed E-state index contributed by atoms with van der Waals surface area (Å²) in [6.45, 7) is 4.58. The predicted molar refractivity (Wildman–Crippen MR) is 113 cm³/mol. The molecule has 3 aromatic heterocycles. The lowest BCUT2D eigenvalue weighted by atomic mass is 10.1. The van der Waals surface area contributed by atoms with Crippen molar-refractivity contribution in [1.29, 1.82) is 0 Å². The van der Waals surface area contributed by atoms with Crippen LogP contribution in [0, 0.1) is 13.8 Å². The van der Waals surface area contributed by atoms with Crippen LogP contribution < -0.4 is 10.6 Å². The molecule has 7 nitrogen and oxygen atoms in total. The third-order valence-electron chi connectivity index (χ3n) is 4.76. The molecule has 0 radical (unpaired) electrons. The van der Waals surface area contributed by atoms with Gasteiger partial charge in [0.1, 0.15) is 5.82 Å². The van der Waals surface area contributed by atoms with E-state index in [1.54, 1.807) is 6.20 Å². The predicted octanol–water partition coefficient (Wildman–Crippen LogP) is 3.69. The Kier molecular flexibility index (Phi) is 5.20. The third-order valence-corrected chi connectivity index (χ3v) is 4.76. The van der Waals surface area contributed by atoms with Gasteiger partial charge in [0.15, 0.2) is 0 Å². The molecule has 4 aromatic rings. The minimum absolute atomic E-state index is 0.192. The number of nitrogens with one attached hydrogen (secondary N) is 3. The molecule has 0 aliphatic rings. The van der Waals surface area contributed by atoms with Crippen LogP contribution >= 0.6 is 0 Å². The lowest BCUT2D eigenvalue weighted by Gasteiger charge is -2.07. The summed E-state index contributed by atoms with van der Waals surface area (Å²) in [5, 5.41) is 7.16. The van der Waals surface area contributed by atoms with Crippen molar-refractivity contribution in [3.8, 4) is 0 Å². The number of para-hydroxylation sites is 1. The van der Waals surface area contributed by atoms with Crippen molar-refractivity contribution < 1.29 is 4.79 Å². The number of H-pyrrole nitrogens is 1. The molecule has 7 heteroatoms. The van der Waals surface area contributed by atoms with Crippen LogP contribution in [0.2, 0.25) is 0 Å². The first-order valence-electron chi connectivity index (χ1n) is 9.46. The minimum Gasteiger partial charge on any atom is -0.358 e. The van der Waals surface area contributed by atoms with Crippen molar-refractivity contribution in [2.24, 2.45) is 0 Å². The second kappa shape index (κ2) is 8.10. The standard InChI is InChI=1S/C22H22N6O/c1-14-7-9-23-20(11-14)28-22-25-12-16(13-26-22)21(29)24-10-8-17-15(2)27-19-6-4-3-5-18(17)19/h3-7,9,11-13,27H,8,10H2,1-2H3,(H,24,29)(H,23,25,26,28). The zero-order valence-corrected chi connectivity index (χ0v) is 16.4. The van der Waals surface area contributed by atoms with Gasteiger partial charge in [-0.25, -0.2) is 15.0 Å². The van der Waals surface area contributed by atoms with Crippen LogP contribution in [0.5, 0.6) is 0 Å². The number of hydrogen-bond acceptors (Lipinski definition) is 5. The van der Waals surface area contributed by atoms with E-state index in [0.717, 1.165) is 23.2 Å². The topological polar surface area (TPSA) is 95.6 Å². The zero-order chi connectivity index (χ0) is 20.2. The van der Waals surface area contributed by atoms with Crippen LogP contribution in [-0.4, -0.2) is 32.4 Å². The summed E-state index contributed by atoms with van der Waals surface area (Å²) in [7, 11) is 0. The molecule has 0 saturated carbocycles. The molecule has 0 spiro atoms. The highest BCUT2D eigenvalue weighted by Gasteiger charge is 2.10. The van der Waals surface area contributed by atoms with Crippen LogP contribution in [0.15, 0.2) is 55.0 Å². The van der Waals surface area contributed by atoms with E-state index in [-0.39, 0.29) is 5.91 Å². The van der Waals surface area contributed by atoms with E-state index in [4.69, 9.17) is 0 Å². The van der Waals surface area contributed by atoms with Gasteiger partial charge in [-0.05, 0) is 49.6 Å². The zero-order valence-electron chi connectivity index (χ0n) is 16.4. The van der Waals surface area contributed by atoms with Crippen LogP contribution in [0.1, 0.15) is 27.2 Å². The number of carbonyl (C=O) groups excluding carboxylic acids is 1. The SMILES string of the molecule is Cc1ccnc(Nc2ncc(C(=O)NCCc3c(C)[nH]c4ccccc34)cn2)c1. The van der Waals surface area contributed by atoms with E-state index >= 15 is 0 Å². The first-order valence-corrected chi connectivity index (χ1v) is 9.46. The molecule has 0 bridgehead atoms. The monoisotopic (exact) mass is 386 g/mol. The molecule has 0 aliphatic heterocycles. The summed E-state index contributed by atoms with van der Waals surface area (Å²) < 4.78 is 0. The highest BCUT2D eigenvalue weighted by Crippen LogP contribution is 2.22. The number of anilines is 2. The molecule has 29 heavy (non-hydrogen) atoms. The maximum absolute atomic E-state index is 12.4. The van der Waals surface area contributed by atoms with E-state index in [2.05, 4.69) is 49.6 Å². The number of fused-ring (bicyclic) bond motifs is 1. The molecule has 4 rings (SSSR count). The van der Waals surface area contributed by atoms with E-state index < -0.39 is 0 Å². The van der Waals surface area contributed by atoms with E-state index in [9.17, 15) is 4.79 Å². The van der Waals surface area contributed by atoms with Gasteiger partial charge in [0.05, 0.1) is 5.56 Å². The number of rotatable bonds is 6. The molecule has 0 aliphatic carbocycles. The fourth-order valence-electron chi connectivity index (χ4n) is 3.29. The first kappa shape index (κ1) is 18.6. The van der Waals surface area contributed by atoms with Gasteiger partial charge in [-0.2, -0.15) is 0 Å². The van der Waals surface area contributed by atoms with Crippen LogP contribution in [0.3, 0.4) is 0 Å². The fourth-order valence-corrected chi connectivity index (χ4v) is 3.29. The molecule has 0 unspecified atom stereocenters. The Hall–Kier alpha value is -3.74. The van der Waals surface area contributed by atoms with Gasteiger partial charge in [-0.15, -0.1) is 0 Å². The first-order chi connectivity index (χ1) is 14.1. The van der Waals surface area contributed by atoms with Crippen LogP contribution in [-0.2, 0) is 6.42 Å². The van der Waals surface area contributed by atoms with Gasteiger partial charge in [-0.1, -0.05) is 18.2 Å². The highest BCUT2D eigenvalue weighted by atomic mass is 16.1. The van der Waals surface area contributed by atoms with Crippen molar-refractivity contribution in [2.75, 3.05) is 11.9 Å². The number of aromatic amines is 1. The second-order valence-corrected chi connectivity index (χ2v) is 6.92. The molecule has 3 N–H and O–H groups in total. The number of aromatic nitrogens is 4. The third kappa shape index (κ3) is 4.24. The van der Waals surface area contributed by atoms with Gasteiger partial charge in [0, 0.05) is 41.7 Å². The maximum Gasteiger partial charge on any atom is 0.254 e. The number of pyridine rings is 1. The van der Waals surface area contributed by atoms with Gasteiger partial charge in [0.2, 0.25) is 5.95 Å². The number of carbonyl (C=O) groups is 1. The van der Waals surface area contributed by atoms with Gasteiger partial charge >= 0.3 is 0 Å². The molecule has 0 fully saturated rings. The van der Waals surface area contributed by atoms with Crippen molar-refractivity contribution in [3.05, 3.63) is 77.4 Å². The Morgan fingerprint density at radius 2 is 1.86 bits per heavy atom. The van der Waals surface area contributed by atoms with Crippen molar-refractivity contribution in [3.63, 3.8) is 0 Å². The molecule has 0 saturated heterocycles. The number of aryl methyl sites for hydroxylation is 2. The number of benzene rings is 1. The Morgan fingerprint density at radius 1 is 1.07 bits per heavy atom. The number of nitrogens with zero attached hydrogens (tertiary/aromatic N) is 3. The number of amides is 1. The van der Waals surface area contributed by atoms with E-state index in [0.29, 0.717) is 23.9 Å². The van der Waals surface area contributed by atoms with Crippen molar-refractivity contribution in [2.45, 2.75) is 20.3 Å². The minimum atomic E-state index is -0.192. The molecule has 1 aromatic carbocycles. The van der Waals surface area contributed by atoms with Gasteiger partial charge < -0.3 is 15.6 Å². The Labute approximate surface area is 168 Å². The molecule has 146 valence electrons. The smallest absolute Gasteiger partial charge is 0.254 e. The summed E-state index contributed by atoms with van der Waals surface area (Å²) in [6, 6.07) is 12.0. The van der Waals surface area contributed by atoms with Crippen LogP contribution in [0.25, 0.3) is 10.9 Å². The van der Waals surface area contributed by atoms with Gasteiger partial charge in [0.25, 0.3) is 5.91 Å². The fraction of sp³-hybridized carbons (Fsp3) is 0.182. The quantitative estimate of drug-likeness (QED) is 0.470. The van der Waals surface area contributed by atoms with Crippen molar-refractivity contribution >= 4 is 28.6 Å². The molecule has 1 amide bonds.